The smallest absolute Gasteiger partial charge is 0.338 e. The van der Waals surface area contributed by atoms with Crippen LogP contribution in [0.4, 0.5) is 0 Å². The van der Waals surface area contributed by atoms with Crippen LogP contribution in [0.2, 0.25) is 0 Å². The number of esters is 2. The van der Waals surface area contributed by atoms with E-state index in [9.17, 15) is 14.4 Å². The maximum absolute atomic E-state index is 11.5. The Bertz CT molecular complexity index is 479. The molecule has 0 aliphatic heterocycles. The highest BCUT2D eigenvalue weighted by atomic mass is 16.5. The van der Waals surface area contributed by atoms with Gasteiger partial charge in [0, 0.05) is 0 Å². The highest BCUT2D eigenvalue weighted by Crippen LogP contribution is 2.22. The van der Waals surface area contributed by atoms with Gasteiger partial charge in [0.15, 0.2) is 5.92 Å². The maximum atomic E-state index is 11.5. The van der Waals surface area contributed by atoms with Crippen LogP contribution >= 0.6 is 0 Å². The fraction of sp³-hybridized carbons (Fsp3) is 0.250. The van der Waals surface area contributed by atoms with Crippen molar-refractivity contribution in [2.45, 2.75) is 5.92 Å². The average Bonchev–Trinajstić information content (AvgIpc) is 2.38. The zero-order chi connectivity index (χ0) is 13.7. The first-order valence-corrected chi connectivity index (χ1v) is 5.00. The Morgan fingerprint density at radius 3 is 2.22 bits per heavy atom. The van der Waals surface area contributed by atoms with Crippen molar-refractivity contribution in [2.24, 2.45) is 0 Å². The lowest BCUT2D eigenvalue weighted by Gasteiger charge is -2.13. The van der Waals surface area contributed by atoms with Crippen molar-refractivity contribution in [3.8, 4) is 0 Å². The molecular weight excluding hydrogens is 240 g/mol. The summed E-state index contributed by atoms with van der Waals surface area (Å²) in [6.07, 6.45) is 0. The van der Waals surface area contributed by atoms with Crippen LogP contribution in [0.3, 0.4) is 0 Å². The Morgan fingerprint density at radius 1 is 1.11 bits per heavy atom. The molecule has 6 nitrogen and oxygen atoms in total. The first-order valence-electron chi connectivity index (χ1n) is 5.00. The molecule has 0 aliphatic carbocycles. The van der Waals surface area contributed by atoms with Gasteiger partial charge in [-0.3, -0.25) is 9.59 Å². The summed E-state index contributed by atoms with van der Waals surface area (Å²) in [6.45, 7) is 0. The van der Waals surface area contributed by atoms with Gasteiger partial charge >= 0.3 is 17.9 Å². The molecule has 0 bridgehead atoms. The first-order chi connectivity index (χ1) is 8.52. The fourth-order valence-electron chi connectivity index (χ4n) is 1.52. The molecule has 1 rings (SSSR count). The largest absolute Gasteiger partial charge is 0.480 e. The van der Waals surface area contributed by atoms with E-state index in [0.29, 0.717) is 0 Å². The Labute approximate surface area is 103 Å². The minimum absolute atomic E-state index is 0.0257. The second kappa shape index (κ2) is 5.81. The van der Waals surface area contributed by atoms with Crippen LogP contribution in [0.15, 0.2) is 24.3 Å². The molecule has 1 aromatic rings. The number of carboxylic acids is 1. The van der Waals surface area contributed by atoms with E-state index < -0.39 is 23.8 Å². The summed E-state index contributed by atoms with van der Waals surface area (Å²) in [5.74, 6) is -4.59. The molecule has 0 aromatic heterocycles. The predicted octanol–water partition coefficient (Wildman–Crippen LogP) is 0.814. The van der Waals surface area contributed by atoms with Crippen LogP contribution in [0.5, 0.6) is 0 Å². The number of hydrogen-bond acceptors (Lipinski definition) is 5. The van der Waals surface area contributed by atoms with E-state index in [1.165, 1.54) is 25.3 Å². The van der Waals surface area contributed by atoms with Gasteiger partial charge in [-0.15, -0.1) is 0 Å². The summed E-state index contributed by atoms with van der Waals surface area (Å²) in [4.78, 5) is 34.1. The quantitative estimate of drug-likeness (QED) is 0.630. The van der Waals surface area contributed by atoms with Crippen molar-refractivity contribution >= 4 is 17.9 Å². The van der Waals surface area contributed by atoms with E-state index >= 15 is 0 Å². The highest BCUT2D eigenvalue weighted by Gasteiger charge is 2.32. The minimum atomic E-state index is -1.55. The molecule has 18 heavy (non-hydrogen) atoms. The number of carbonyl (C=O) groups is 3. The van der Waals surface area contributed by atoms with Crippen LogP contribution in [-0.4, -0.2) is 37.2 Å². The standard InChI is InChI=1S/C12H12O6/c1-17-11(15)8-6-4-3-5-7(8)9(10(13)14)12(16)18-2/h3-6,9H,1-2H3,(H,13,14). The third-order valence-electron chi connectivity index (χ3n) is 2.36. The molecule has 0 amide bonds. The molecule has 1 atom stereocenters. The lowest BCUT2D eigenvalue weighted by molar-refractivity contribution is -0.152. The van der Waals surface area contributed by atoms with E-state index in [4.69, 9.17) is 5.11 Å². The lowest BCUT2D eigenvalue weighted by atomic mass is 9.94. The van der Waals surface area contributed by atoms with Crippen LogP contribution in [0.1, 0.15) is 21.8 Å². The zero-order valence-corrected chi connectivity index (χ0v) is 9.88. The summed E-state index contributed by atoms with van der Waals surface area (Å²) in [5, 5.41) is 9.05. The number of carboxylic acid groups (broad SMARTS) is 1. The van der Waals surface area contributed by atoms with Gasteiger partial charge in [0.2, 0.25) is 0 Å². The van der Waals surface area contributed by atoms with Crippen LogP contribution in [0, 0.1) is 0 Å². The molecule has 0 saturated heterocycles. The van der Waals surface area contributed by atoms with Crippen molar-refractivity contribution < 1.29 is 29.0 Å². The van der Waals surface area contributed by atoms with E-state index in [1.807, 2.05) is 0 Å². The third-order valence-corrected chi connectivity index (χ3v) is 2.36. The van der Waals surface area contributed by atoms with Gasteiger partial charge < -0.3 is 14.6 Å². The molecule has 0 aliphatic rings. The molecule has 0 spiro atoms. The Kier molecular flexibility index (Phi) is 4.42. The van der Waals surface area contributed by atoms with Gasteiger partial charge in [-0.05, 0) is 11.6 Å². The first kappa shape index (κ1) is 13.7. The van der Waals surface area contributed by atoms with Gasteiger partial charge in [0.05, 0.1) is 19.8 Å². The maximum Gasteiger partial charge on any atom is 0.338 e. The van der Waals surface area contributed by atoms with Crippen molar-refractivity contribution in [3.05, 3.63) is 35.4 Å². The molecule has 1 unspecified atom stereocenters. The van der Waals surface area contributed by atoms with Crippen molar-refractivity contribution in [2.75, 3.05) is 14.2 Å². The van der Waals surface area contributed by atoms with Gasteiger partial charge in [0.1, 0.15) is 0 Å². The van der Waals surface area contributed by atoms with E-state index in [0.717, 1.165) is 7.11 Å². The van der Waals surface area contributed by atoms with Crippen molar-refractivity contribution in [3.63, 3.8) is 0 Å². The van der Waals surface area contributed by atoms with Crippen LogP contribution < -0.4 is 0 Å². The molecule has 0 radical (unpaired) electrons. The monoisotopic (exact) mass is 252 g/mol. The van der Waals surface area contributed by atoms with Crippen LogP contribution in [0.25, 0.3) is 0 Å². The number of methoxy groups -OCH3 is 2. The van der Waals surface area contributed by atoms with Gasteiger partial charge in [-0.2, -0.15) is 0 Å². The predicted molar refractivity (Wildman–Crippen MR) is 60.2 cm³/mol. The van der Waals surface area contributed by atoms with Gasteiger partial charge in [0.25, 0.3) is 0 Å². The molecule has 1 aromatic carbocycles. The highest BCUT2D eigenvalue weighted by molar-refractivity contribution is 6.03. The number of aliphatic carboxylic acids is 1. The third kappa shape index (κ3) is 2.65. The number of carbonyl (C=O) groups excluding carboxylic acids is 2. The average molecular weight is 252 g/mol. The fourth-order valence-corrected chi connectivity index (χ4v) is 1.52. The van der Waals surface area contributed by atoms with Gasteiger partial charge in [-0.1, -0.05) is 18.2 Å². The molecule has 0 saturated carbocycles. The topological polar surface area (TPSA) is 89.9 Å². The summed E-state index contributed by atoms with van der Waals surface area (Å²) in [7, 11) is 2.26. The van der Waals surface area contributed by atoms with E-state index in [1.54, 1.807) is 6.07 Å². The second-order valence-electron chi connectivity index (χ2n) is 3.37. The molecule has 6 heteroatoms. The van der Waals surface area contributed by atoms with Gasteiger partial charge in [-0.25, -0.2) is 4.79 Å². The minimum Gasteiger partial charge on any atom is -0.480 e. The molecular formula is C12H12O6. The molecule has 1 N–H and O–H groups in total. The second-order valence-corrected chi connectivity index (χ2v) is 3.37. The number of hydrogen-bond donors (Lipinski definition) is 1. The number of ether oxygens (including phenoxy) is 2. The normalized spacial score (nSPS) is 11.4. The summed E-state index contributed by atoms with van der Waals surface area (Å²) in [5.41, 5.74) is 0.0708. The molecule has 96 valence electrons. The lowest BCUT2D eigenvalue weighted by Crippen LogP contribution is -2.25. The Balaban J connectivity index is 3.32. The number of benzene rings is 1. The summed E-state index contributed by atoms with van der Waals surface area (Å²) in [6, 6.07) is 5.84. The SMILES string of the molecule is COC(=O)c1ccccc1C(C(=O)O)C(=O)OC. The molecule has 0 fully saturated rings. The Morgan fingerprint density at radius 2 is 1.72 bits per heavy atom. The van der Waals surface area contributed by atoms with Crippen LogP contribution in [-0.2, 0) is 19.1 Å². The molecule has 0 heterocycles. The number of rotatable bonds is 4. The van der Waals surface area contributed by atoms with Crippen molar-refractivity contribution in [1.29, 1.82) is 0 Å². The van der Waals surface area contributed by atoms with Crippen molar-refractivity contribution in [1.82, 2.24) is 0 Å². The summed E-state index contributed by atoms with van der Waals surface area (Å²) >= 11 is 0. The van der Waals surface area contributed by atoms with E-state index in [-0.39, 0.29) is 11.1 Å². The van der Waals surface area contributed by atoms with E-state index in [2.05, 4.69) is 9.47 Å². The Hall–Kier alpha value is -2.37. The summed E-state index contributed by atoms with van der Waals surface area (Å²) < 4.78 is 8.96. The zero-order valence-electron chi connectivity index (χ0n) is 9.88.